The number of non-ortho nitro benzene ring substituents is 1. The molecule has 6 rings (SSSR count). The van der Waals surface area contributed by atoms with Crippen molar-refractivity contribution < 1.29 is 14.7 Å². The third-order valence-electron chi connectivity index (χ3n) is 6.69. The molecular formula is C22H25N5O2+2. The first kappa shape index (κ1) is 18.1. The van der Waals surface area contributed by atoms with Gasteiger partial charge in [0.1, 0.15) is 18.5 Å². The fraction of sp³-hybridized carbons (Fsp3) is 0.364. The quantitative estimate of drug-likeness (QED) is 0.428. The van der Waals surface area contributed by atoms with Crippen molar-refractivity contribution in [3.63, 3.8) is 0 Å². The van der Waals surface area contributed by atoms with Crippen LogP contribution in [0.25, 0.3) is 0 Å². The Labute approximate surface area is 169 Å². The monoisotopic (exact) mass is 391 g/mol. The first-order valence-electron chi connectivity index (χ1n) is 10.2. The third-order valence-corrected chi connectivity index (χ3v) is 6.69. The molecule has 148 valence electrons. The van der Waals surface area contributed by atoms with E-state index in [1.807, 2.05) is 0 Å². The molecule has 0 radical (unpaired) electrons. The average molecular weight is 391 g/mol. The zero-order valence-electron chi connectivity index (χ0n) is 16.3. The van der Waals surface area contributed by atoms with Gasteiger partial charge in [-0.3, -0.25) is 10.1 Å². The molecule has 0 aromatic heterocycles. The van der Waals surface area contributed by atoms with Crippen LogP contribution in [-0.4, -0.2) is 56.1 Å². The lowest BCUT2D eigenvalue weighted by Crippen LogP contribution is -3.17. The lowest BCUT2D eigenvalue weighted by molar-refractivity contribution is -0.918. The Morgan fingerprint density at radius 2 is 1.66 bits per heavy atom. The van der Waals surface area contributed by atoms with Crippen LogP contribution in [0.1, 0.15) is 11.1 Å². The number of rotatable bonds is 4. The van der Waals surface area contributed by atoms with Crippen molar-refractivity contribution in [2.75, 3.05) is 39.3 Å². The van der Waals surface area contributed by atoms with Gasteiger partial charge < -0.3 is 9.80 Å². The number of benzene rings is 2. The average Bonchev–Trinajstić information content (AvgIpc) is 2.99. The van der Waals surface area contributed by atoms with Crippen LogP contribution in [0.3, 0.4) is 0 Å². The summed E-state index contributed by atoms with van der Waals surface area (Å²) in [6, 6.07) is 17.2. The number of fused-ring (bicyclic) bond motifs is 1. The number of piperidine rings is 2. The molecule has 0 spiro atoms. The number of hydrogen-bond donors (Lipinski definition) is 2. The number of nitro benzene ring substituents is 1. The topological polar surface area (TPSA) is 76.7 Å². The summed E-state index contributed by atoms with van der Waals surface area (Å²) in [6.45, 7) is 6.93. The summed E-state index contributed by atoms with van der Waals surface area (Å²) in [5, 5.41) is 20.0. The van der Waals surface area contributed by atoms with E-state index in [-0.39, 0.29) is 11.1 Å². The van der Waals surface area contributed by atoms with E-state index >= 15 is 0 Å². The molecule has 2 unspecified atom stereocenters. The van der Waals surface area contributed by atoms with E-state index in [0.717, 1.165) is 31.7 Å². The summed E-state index contributed by atoms with van der Waals surface area (Å²) >= 11 is 0. The Balaban J connectivity index is 1.49. The third kappa shape index (κ3) is 3.26. The van der Waals surface area contributed by atoms with Crippen molar-refractivity contribution >= 4 is 17.6 Å². The van der Waals surface area contributed by atoms with Crippen LogP contribution in [0.5, 0.6) is 0 Å². The number of hydrogen-bond acceptors (Lipinski definition) is 4. The molecule has 0 aliphatic carbocycles. The molecule has 4 aliphatic rings. The molecule has 0 saturated carbocycles. The second-order valence-corrected chi connectivity index (χ2v) is 8.49. The van der Waals surface area contributed by atoms with Gasteiger partial charge in [0.25, 0.3) is 5.69 Å². The minimum atomic E-state index is -0.391. The van der Waals surface area contributed by atoms with Crippen molar-refractivity contribution in [2.45, 2.75) is 5.41 Å². The Morgan fingerprint density at radius 1 is 1.00 bits per heavy atom. The molecule has 2 aromatic rings. The molecular weight excluding hydrogens is 366 g/mol. The summed E-state index contributed by atoms with van der Waals surface area (Å²) in [5.74, 6) is 0.458. The molecule has 2 atom stereocenters. The van der Waals surface area contributed by atoms with Gasteiger partial charge in [0.2, 0.25) is 0 Å². The van der Waals surface area contributed by atoms with Gasteiger partial charge in [0.15, 0.2) is 0 Å². The highest BCUT2D eigenvalue weighted by atomic mass is 16.6. The first-order chi connectivity index (χ1) is 14.1. The summed E-state index contributed by atoms with van der Waals surface area (Å²) in [7, 11) is 0. The normalized spacial score (nSPS) is 32.0. The van der Waals surface area contributed by atoms with E-state index in [1.54, 1.807) is 28.1 Å². The van der Waals surface area contributed by atoms with E-state index < -0.39 is 4.92 Å². The maximum atomic E-state index is 10.8. The fourth-order valence-electron chi connectivity index (χ4n) is 5.46. The molecule has 7 nitrogen and oxygen atoms in total. The summed E-state index contributed by atoms with van der Waals surface area (Å²) in [4.78, 5) is 13.8. The number of quaternary nitrogens is 2. The highest BCUT2D eigenvalue weighted by Crippen LogP contribution is 2.31. The van der Waals surface area contributed by atoms with Crippen LogP contribution in [0.4, 0.5) is 5.69 Å². The Morgan fingerprint density at radius 3 is 2.28 bits per heavy atom. The van der Waals surface area contributed by atoms with Gasteiger partial charge in [-0.1, -0.05) is 30.3 Å². The second kappa shape index (κ2) is 7.17. The smallest absolute Gasteiger partial charge is 0.269 e. The van der Waals surface area contributed by atoms with Crippen molar-refractivity contribution in [1.29, 1.82) is 0 Å². The SMILES string of the molecule is O=[N+]([O-])c1ccc(C=NN=C2C3C[NH+]4CC[NH+](C3)CC2(c2ccccc2)C4)cc1. The molecule has 4 aliphatic heterocycles. The molecule has 0 amide bonds. The lowest BCUT2D eigenvalue weighted by atomic mass is 9.66. The lowest BCUT2D eigenvalue weighted by Gasteiger charge is -2.46. The van der Waals surface area contributed by atoms with Gasteiger partial charge in [0, 0.05) is 12.1 Å². The van der Waals surface area contributed by atoms with Crippen molar-refractivity contribution in [3.05, 3.63) is 75.8 Å². The molecule has 29 heavy (non-hydrogen) atoms. The highest BCUT2D eigenvalue weighted by Gasteiger charge is 2.58. The Bertz CT molecular complexity index is 954. The van der Waals surface area contributed by atoms with E-state index in [0.29, 0.717) is 5.92 Å². The maximum Gasteiger partial charge on any atom is 0.269 e. The number of nitrogens with one attached hydrogen (secondary N) is 2. The molecule has 2 N–H and O–H groups in total. The number of nitro groups is 1. The van der Waals surface area contributed by atoms with Gasteiger partial charge in [-0.2, -0.15) is 10.2 Å². The summed E-state index contributed by atoms with van der Waals surface area (Å²) < 4.78 is 0. The molecule has 4 heterocycles. The van der Waals surface area contributed by atoms with Crippen LogP contribution in [0.2, 0.25) is 0 Å². The molecule has 7 heteroatoms. The minimum absolute atomic E-state index is 0.0452. The largest absolute Gasteiger partial charge is 0.328 e. The maximum absolute atomic E-state index is 10.8. The van der Waals surface area contributed by atoms with Crippen LogP contribution in [0, 0.1) is 16.0 Å². The van der Waals surface area contributed by atoms with E-state index in [9.17, 15) is 10.1 Å². The van der Waals surface area contributed by atoms with Gasteiger partial charge >= 0.3 is 0 Å². The second-order valence-electron chi connectivity index (χ2n) is 8.49. The van der Waals surface area contributed by atoms with Gasteiger partial charge in [0.05, 0.1) is 48.9 Å². The zero-order chi connectivity index (χ0) is 19.8. The van der Waals surface area contributed by atoms with Crippen LogP contribution >= 0.6 is 0 Å². The van der Waals surface area contributed by atoms with Crippen molar-refractivity contribution in [3.8, 4) is 0 Å². The predicted molar refractivity (Wildman–Crippen MR) is 111 cm³/mol. The van der Waals surface area contributed by atoms with E-state index in [4.69, 9.17) is 5.10 Å². The van der Waals surface area contributed by atoms with Crippen molar-refractivity contribution in [1.82, 2.24) is 0 Å². The van der Waals surface area contributed by atoms with Crippen LogP contribution < -0.4 is 9.80 Å². The summed E-state index contributed by atoms with van der Waals surface area (Å²) in [6.07, 6.45) is 1.70. The standard InChI is InChI=1S/C22H23N5O2/c28-27(29)20-8-6-17(7-9-20)12-23-24-21-18-13-25-10-11-26(14-18)16-22(21,15-25)19-4-2-1-3-5-19/h1-9,12,18H,10-11,13-16H2/p+2. The fourth-order valence-corrected chi connectivity index (χ4v) is 5.46. The Hall–Kier alpha value is -2.90. The minimum Gasteiger partial charge on any atom is -0.328 e. The van der Waals surface area contributed by atoms with Crippen LogP contribution in [-0.2, 0) is 5.41 Å². The Kier molecular flexibility index (Phi) is 4.49. The number of nitrogens with zero attached hydrogens (tertiary/aromatic N) is 3. The predicted octanol–water partition coefficient (Wildman–Crippen LogP) is -0.265. The first-order valence-corrected chi connectivity index (χ1v) is 10.2. The van der Waals surface area contributed by atoms with Gasteiger partial charge in [-0.25, -0.2) is 0 Å². The molecule has 4 saturated heterocycles. The van der Waals surface area contributed by atoms with Crippen LogP contribution in [0.15, 0.2) is 64.8 Å². The zero-order valence-corrected chi connectivity index (χ0v) is 16.3. The van der Waals surface area contributed by atoms with Gasteiger partial charge in [-0.05, 0) is 23.3 Å². The van der Waals surface area contributed by atoms with Gasteiger partial charge in [-0.15, -0.1) is 0 Å². The van der Waals surface area contributed by atoms with E-state index in [2.05, 4.69) is 35.4 Å². The molecule has 2 aromatic carbocycles. The molecule has 4 bridgehead atoms. The molecule has 4 fully saturated rings. The van der Waals surface area contributed by atoms with Crippen molar-refractivity contribution in [2.24, 2.45) is 16.1 Å². The summed E-state index contributed by atoms with van der Waals surface area (Å²) in [5.41, 5.74) is 3.43. The highest BCUT2D eigenvalue weighted by molar-refractivity contribution is 5.98. The van der Waals surface area contributed by atoms with E-state index in [1.165, 1.54) is 36.5 Å².